The number of carbonyl (C=O) groups excluding carboxylic acids is 1. The van der Waals surface area contributed by atoms with Gasteiger partial charge in [-0.2, -0.15) is 0 Å². The Morgan fingerprint density at radius 3 is 2.50 bits per heavy atom. The lowest BCUT2D eigenvalue weighted by Gasteiger charge is -2.01. The Morgan fingerprint density at radius 2 is 1.88 bits per heavy atom. The van der Waals surface area contributed by atoms with Gasteiger partial charge in [0.25, 0.3) is 0 Å². The lowest BCUT2D eigenvalue weighted by Crippen LogP contribution is -2.15. The molecule has 0 saturated carbocycles. The largest absolute Gasteiger partial charge is 0.382 e. The molecule has 0 heterocycles. The highest BCUT2D eigenvalue weighted by molar-refractivity contribution is 9.10. The lowest BCUT2D eigenvalue weighted by molar-refractivity contribution is 0.104. The highest BCUT2D eigenvalue weighted by atomic mass is 79.9. The first kappa shape index (κ1) is 18.7. The third-order valence-electron chi connectivity index (χ3n) is 3.21. The maximum absolute atomic E-state index is 12.5. The van der Waals surface area contributed by atoms with Crippen LogP contribution in [0.1, 0.15) is 22.8 Å². The number of hydrogen-bond donors (Lipinski definition) is 1. The molecular weight excluding hydrogens is 413 g/mol. The van der Waals surface area contributed by atoms with Gasteiger partial charge in [0.1, 0.15) is 0 Å². The van der Waals surface area contributed by atoms with Crippen molar-refractivity contribution >= 4 is 56.7 Å². The molecule has 0 atom stereocenters. The molecule has 2 aromatic carbocycles. The number of anilines is 1. The Labute approximate surface area is 158 Å². The average molecular weight is 427 g/mol. The van der Waals surface area contributed by atoms with E-state index < -0.39 is 5.78 Å². The first-order valence-electron chi connectivity index (χ1n) is 7.18. The molecule has 0 amide bonds. The van der Waals surface area contributed by atoms with Crippen LogP contribution < -0.4 is 10.7 Å². The number of benzene rings is 1. The molecule has 24 heavy (non-hydrogen) atoms. The van der Waals surface area contributed by atoms with Gasteiger partial charge in [-0.05, 0) is 49.4 Å². The summed E-state index contributed by atoms with van der Waals surface area (Å²) >= 11 is 15.5. The van der Waals surface area contributed by atoms with E-state index in [0.29, 0.717) is 32.3 Å². The van der Waals surface area contributed by atoms with Gasteiger partial charge in [0, 0.05) is 26.6 Å². The lowest BCUT2D eigenvalue weighted by atomic mass is 10.1. The Balaban J connectivity index is 2.45. The van der Waals surface area contributed by atoms with Crippen LogP contribution in [0.15, 0.2) is 51.7 Å². The molecule has 0 aliphatic heterocycles. The first-order valence-corrected chi connectivity index (χ1v) is 8.73. The van der Waals surface area contributed by atoms with Gasteiger partial charge >= 0.3 is 0 Å². The summed E-state index contributed by atoms with van der Waals surface area (Å²) < 4.78 is 0.635. The summed E-state index contributed by atoms with van der Waals surface area (Å²) in [6.45, 7) is 2.46. The van der Waals surface area contributed by atoms with Gasteiger partial charge in [-0.25, -0.2) is 0 Å². The van der Waals surface area contributed by atoms with E-state index in [9.17, 15) is 9.59 Å². The number of halogens is 3. The minimum Gasteiger partial charge on any atom is -0.382 e. The quantitative estimate of drug-likeness (QED) is 0.511. The van der Waals surface area contributed by atoms with Crippen LogP contribution in [0, 0.1) is 0 Å². The van der Waals surface area contributed by atoms with Crippen LogP contribution in [0.25, 0.3) is 6.08 Å². The van der Waals surface area contributed by atoms with Crippen LogP contribution in [0.3, 0.4) is 0 Å². The van der Waals surface area contributed by atoms with Gasteiger partial charge in [0.15, 0.2) is 5.78 Å². The Hall–Kier alpha value is -1.62. The van der Waals surface area contributed by atoms with E-state index >= 15 is 0 Å². The topological polar surface area (TPSA) is 46.2 Å². The molecule has 0 saturated heterocycles. The smallest absolute Gasteiger partial charge is 0.212 e. The zero-order valence-corrected chi connectivity index (χ0v) is 15.9. The van der Waals surface area contributed by atoms with Gasteiger partial charge in [-0.1, -0.05) is 45.2 Å². The Morgan fingerprint density at radius 1 is 1.21 bits per heavy atom. The van der Waals surface area contributed by atoms with Gasteiger partial charge < -0.3 is 5.32 Å². The number of ketones is 1. The second kappa shape index (κ2) is 8.47. The third-order valence-corrected chi connectivity index (χ3v) is 4.37. The molecule has 0 radical (unpaired) electrons. The predicted octanol–water partition coefficient (Wildman–Crippen LogP) is 5.44. The van der Waals surface area contributed by atoms with Crippen LogP contribution in [-0.4, -0.2) is 12.3 Å². The molecule has 0 fully saturated rings. The van der Waals surface area contributed by atoms with Crippen LogP contribution in [0.2, 0.25) is 10.0 Å². The maximum atomic E-state index is 12.5. The summed E-state index contributed by atoms with van der Waals surface area (Å²) in [6, 6.07) is 9.94. The number of carbonyl (C=O) groups is 1. The highest BCUT2D eigenvalue weighted by Gasteiger charge is 2.11. The second-order valence-corrected chi connectivity index (χ2v) is 6.61. The van der Waals surface area contributed by atoms with Crippen molar-refractivity contribution in [3.8, 4) is 0 Å². The fourth-order valence-corrected chi connectivity index (χ4v) is 2.95. The maximum Gasteiger partial charge on any atom is 0.212 e. The van der Waals surface area contributed by atoms with Crippen molar-refractivity contribution in [3.63, 3.8) is 0 Å². The van der Waals surface area contributed by atoms with E-state index in [-0.39, 0.29) is 11.0 Å². The minimum absolute atomic E-state index is 0.0576. The van der Waals surface area contributed by atoms with E-state index in [2.05, 4.69) is 21.2 Å². The molecule has 0 aliphatic carbocycles. The summed E-state index contributed by atoms with van der Waals surface area (Å²) in [4.78, 5) is 25.0. The summed E-state index contributed by atoms with van der Waals surface area (Å²) in [6.07, 6.45) is 2.81. The van der Waals surface area contributed by atoms with Crippen molar-refractivity contribution in [2.45, 2.75) is 6.92 Å². The molecule has 0 bridgehead atoms. The fraction of sp³-hybridized carbons (Fsp3) is 0.111. The van der Waals surface area contributed by atoms with Crippen molar-refractivity contribution in [2.24, 2.45) is 0 Å². The normalized spacial score (nSPS) is 10.8. The molecule has 0 aliphatic rings. The summed E-state index contributed by atoms with van der Waals surface area (Å²) in [5.74, 6) is -0.424. The molecule has 3 nitrogen and oxygen atoms in total. The van der Waals surface area contributed by atoms with E-state index in [1.807, 2.05) is 6.92 Å². The highest BCUT2D eigenvalue weighted by Crippen LogP contribution is 2.25. The summed E-state index contributed by atoms with van der Waals surface area (Å²) in [5, 5.41) is 3.82. The van der Waals surface area contributed by atoms with E-state index in [0.717, 1.165) is 0 Å². The number of allylic oxidation sites excluding steroid dienone is 1. The number of nitrogens with one attached hydrogen (secondary N) is 1. The minimum atomic E-state index is -0.424. The van der Waals surface area contributed by atoms with Crippen molar-refractivity contribution in [1.82, 2.24) is 0 Å². The molecule has 0 aromatic heterocycles. The van der Waals surface area contributed by atoms with Gasteiger partial charge in [-0.3, -0.25) is 9.59 Å². The zero-order valence-electron chi connectivity index (χ0n) is 12.8. The average Bonchev–Trinajstić information content (AvgIpc) is 2.68. The van der Waals surface area contributed by atoms with Gasteiger partial charge in [-0.15, -0.1) is 0 Å². The Bertz CT molecular complexity index is 846. The van der Waals surface area contributed by atoms with Crippen molar-refractivity contribution in [2.75, 3.05) is 11.9 Å². The Kier molecular flexibility index (Phi) is 6.60. The number of hydrogen-bond acceptors (Lipinski definition) is 3. The molecule has 0 unspecified atom stereocenters. The molecule has 0 spiro atoms. The van der Waals surface area contributed by atoms with Crippen molar-refractivity contribution < 1.29 is 4.79 Å². The fourth-order valence-electron chi connectivity index (χ4n) is 2.07. The van der Waals surface area contributed by atoms with Crippen molar-refractivity contribution in [1.29, 1.82) is 0 Å². The second-order valence-electron chi connectivity index (χ2n) is 4.88. The SMILES string of the molecule is CCNc1ccc(Br)cc(C(=O)C=Cc2c(Cl)cccc2Cl)c1=O. The van der Waals surface area contributed by atoms with Crippen LogP contribution in [-0.2, 0) is 0 Å². The van der Waals surface area contributed by atoms with E-state index in [1.165, 1.54) is 18.2 Å². The van der Waals surface area contributed by atoms with E-state index in [1.54, 1.807) is 30.3 Å². The van der Waals surface area contributed by atoms with E-state index in [4.69, 9.17) is 23.2 Å². The molecule has 6 heteroatoms. The monoisotopic (exact) mass is 425 g/mol. The predicted molar refractivity (Wildman–Crippen MR) is 104 cm³/mol. The van der Waals surface area contributed by atoms with Crippen LogP contribution in [0.4, 0.5) is 5.69 Å². The van der Waals surface area contributed by atoms with Crippen molar-refractivity contribution in [3.05, 3.63) is 78.3 Å². The molecule has 2 aromatic rings. The van der Waals surface area contributed by atoms with Crippen LogP contribution >= 0.6 is 39.1 Å². The summed E-state index contributed by atoms with van der Waals surface area (Å²) in [7, 11) is 0. The molecule has 2 rings (SSSR count). The van der Waals surface area contributed by atoms with Gasteiger partial charge in [0.05, 0.1) is 11.3 Å². The van der Waals surface area contributed by atoms with Gasteiger partial charge in [0.2, 0.25) is 5.43 Å². The number of rotatable bonds is 5. The molecule has 124 valence electrons. The first-order chi connectivity index (χ1) is 11.4. The third kappa shape index (κ3) is 4.47. The summed E-state index contributed by atoms with van der Waals surface area (Å²) in [5.41, 5.74) is 0.605. The zero-order chi connectivity index (χ0) is 17.7. The molecular formula is C18H14BrCl2NO2. The van der Waals surface area contributed by atoms with Crippen LogP contribution in [0.5, 0.6) is 0 Å². The molecule has 1 N–H and O–H groups in total. The standard InChI is InChI=1S/C18H14BrCl2NO2/c1-2-22-16-8-6-11(19)10-13(18(16)24)17(23)9-7-12-14(20)4-3-5-15(12)21/h3-10H,2H2,1H3,(H,22,24).